The molecule has 0 spiro atoms. The third kappa shape index (κ3) is 6.80. The molecule has 1 N–H and O–H groups in total. The Morgan fingerprint density at radius 1 is 1.29 bits per heavy atom. The van der Waals surface area contributed by atoms with Gasteiger partial charge in [-0.25, -0.2) is 4.79 Å². The van der Waals surface area contributed by atoms with Gasteiger partial charge in [-0.15, -0.1) is 6.58 Å². The summed E-state index contributed by atoms with van der Waals surface area (Å²) in [6, 6.07) is 6.57. The molecule has 0 saturated carbocycles. The van der Waals surface area contributed by atoms with Crippen LogP contribution in [0.25, 0.3) is 0 Å². The number of rotatable bonds is 10. The molecule has 0 aliphatic carbocycles. The molecule has 7 heteroatoms. The van der Waals surface area contributed by atoms with Gasteiger partial charge in [-0.2, -0.15) is 0 Å². The molecule has 1 amide bonds. The molecule has 1 aliphatic heterocycles. The minimum atomic E-state index is -1.61. The summed E-state index contributed by atoms with van der Waals surface area (Å²) in [5, 5.41) is 10.9. The predicted molar refractivity (Wildman–Crippen MR) is 118 cm³/mol. The van der Waals surface area contributed by atoms with Crippen LogP contribution >= 0.6 is 0 Å². The van der Waals surface area contributed by atoms with Gasteiger partial charge >= 0.3 is 6.09 Å². The van der Waals surface area contributed by atoms with E-state index in [1.54, 1.807) is 34.0 Å². The lowest BCUT2D eigenvalue weighted by atomic mass is 9.91. The molecule has 0 unspecified atom stereocenters. The van der Waals surface area contributed by atoms with Gasteiger partial charge in [-0.05, 0) is 57.7 Å². The van der Waals surface area contributed by atoms with E-state index in [0.29, 0.717) is 32.3 Å². The van der Waals surface area contributed by atoms with Crippen LogP contribution in [0.3, 0.4) is 0 Å². The summed E-state index contributed by atoms with van der Waals surface area (Å²) in [7, 11) is 1.63. The Labute approximate surface area is 185 Å². The highest BCUT2D eigenvalue weighted by atomic mass is 16.6. The fourth-order valence-corrected chi connectivity index (χ4v) is 3.78. The molecule has 3 atom stereocenters. The van der Waals surface area contributed by atoms with Gasteiger partial charge in [0, 0.05) is 13.0 Å². The van der Waals surface area contributed by atoms with Gasteiger partial charge in [0.05, 0.1) is 25.8 Å². The number of aliphatic hydroxyl groups is 1. The molecule has 1 aromatic carbocycles. The molecule has 0 bridgehead atoms. The van der Waals surface area contributed by atoms with Crippen LogP contribution in [0.5, 0.6) is 5.75 Å². The van der Waals surface area contributed by atoms with E-state index >= 15 is 0 Å². The van der Waals surface area contributed by atoms with E-state index in [2.05, 4.69) is 6.58 Å². The summed E-state index contributed by atoms with van der Waals surface area (Å²) >= 11 is 0. The molecule has 1 saturated heterocycles. The van der Waals surface area contributed by atoms with Gasteiger partial charge in [0.1, 0.15) is 17.0 Å². The van der Waals surface area contributed by atoms with Crippen LogP contribution in [-0.4, -0.2) is 59.4 Å². The first-order valence-corrected chi connectivity index (χ1v) is 10.7. The Balaban J connectivity index is 1.90. The van der Waals surface area contributed by atoms with E-state index in [4.69, 9.17) is 14.2 Å². The average Bonchev–Trinajstić information content (AvgIpc) is 3.02. The first-order valence-electron chi connectivity index (χ1n) is 10.7. The normalized spacial score (nSPS) is 23.5. The van der Waals surface area contributed by atoms with Gasteiger partial charge < -0.3 is 24.1 Å². The number of carbonyl (C=O) groups is 2. The molecule has 172 valence electrons. The van der Waals surface area contributed by atoms with E-state index in [9.17, 15) is 14.7 Å². The third-order valence-corrected chi connectivity index (χ3v) is 5.33. The number of benzene rings is 1. The molecule has 2 rings (SSSR count). The summed E-state index contributed by atoms with van der Waals surface area (Å²) in [6.45, 7) is 10.1. The van der Waals surface area contributed by atoms with Crippen molar-refractivity contribution in [3.8, 4) is 5.75 Å². The number of hydrogen-bond donors (Lipinski definition) is 1. The van der Waals surface area contributed by atoms with Crippen molar-refractivity contribution in [2.45, 2.75) is 76.3 Å². The van der Waals surface area contributed by atoms with Crippen molar-refractivity contribution < 1.29 is 28.9 Å². The first kappa shape index (κ1) is 24.9. The van der Waals surface area contributed by atoms with Crippen molar-refractivity contribution in [2.24, 2.45) is 0 Å². The summed E-state index contributed by atoms with van der Waals surface area (Å²) in [6.07, 6.45) is 3.59. The van der Waals surface area contributed by atoms with Crippen LogP contribution in [0.15, 0.2) is 36.9 Å². The van der Waals surface area contributed by atoms with E-state index < -0.39 is 29.4 Å². The lowest BCUT2D eigenvalue weighted by molar-refractivity contribution is -0.126. The van der Waals surface area contributed by atoms with Crippen LogP contribution in [0, 0.1) is 0 Å². The zero-order chi connectivity index (χ0) is 23.1. The molecule has 1 fully saturated rings. The minimum absolute atomic E-state index is 0.123. The van der Waals surface area contributed by atoms with Crippen molar-refractivity contribution in [3.05, 3.63) is 42.5 Å². The topological polar surface area (TPSA) is 85.3 Å². The number of nitrogens with zero attached hydrogens (tertiary/aromatic N) is 1. The monoisotopic (exact) mass is 433 g/mol. The predicted octanol–water partition coefficient (Wildman–Crippen LogP) is 3.88. The fraction of sp³-hybridized carbons (Fsp3) is 0.583. The molecule has 0 aromatic heterocycles. The Morgan fingerprint density at radius 2 is 1.97 bits per heavy atom. The lowest BCUT2D eigenvalue weighted by Gasteiger charge is -2.33. The highest BCUT2D eigenvalue weighted by molar-refractivity contribution is 5.74. The zero-order valence-electron chi connectivity index (χ0n) is 19.0. The van der Waals surface area contributed by atoms with Gasteiger partial charge in [0.2, 0.25) is 0 Å². The van der Waals surface area contributed by atoms with E-state index in [1.165, 1.54) is 4.90 Å². The number of carbonyl (C=O) groups excluding carboxylic acids is 2. The summed E-state index contributed by atoms with van der Waals surface area (Å²) < 4.78 is 16.4. The van der Waals surface area contributed by atoms with Gasteiger partial charge in [0.15, 0.2) is 6.29 Å². The zero-order valence-corrected chi connectivity index (χ0v) is 19.0. The Bertz CT molecular complexity index is 741. The molecule has 0 radical (unpaired) electrons. The summed E-state index contributed by atoms with van der Waals surface area (Å²) in [4.78, 5) is 25.9. The molecule has 1 heterocycles. The lowest BCUT2D eigenvalue weighted by Crippen LogP contribution is -2.50. The van der Waals surface area contributed by atoms with Crippen LogP contribution < -0.4 is 4.74 Å². The van der Waals surface area contributed by atoms with E-state index in [-0.39, 0.29) is 6.42 Å². The van der Waals surface area contributed by atoms with E-state index in [0.717, 1.165) is 17.7 Å². The Morgan fingerprint density at radius 3 is 2.52 bits per heavy atom. The van der Waals surface area contributed by atoms with Crippen molar-refractivity contribution in [3.63, 3.8) is 0 Å². The van der Waals surface area contributed by atoms with E-state index in [1.807, 2.05) is 24.3 Å². The van der Waals surface area contributed by atoms with Crippen molar-refractivity contribution in [1.82, 2.24) is 4.90 Å². The average molecular weight is 434 g/mol. The quantitative estimate of drug-likeness (QED) is 0.342. The van der Waals surface area contributed by atoms with Crippen LogP contribution in [0.1, 0.15) is 52.0 Å². The number of ether oxygens (including phenoxy) is 3. The molecule has 1 aliphatic rings. The SMILES string of the molecule is C=C[C@@H]1C[C@](O)(C=O)[C@H](CCCCOCc2ccc(OC)cc2)N1C(=O)OC(C)(C)C. The van der Waals surface area contributed by atoms with Gasteiger partial charge in [-0.3, -0.25) is 4.90 Å². The number of methoxy groups -OCH3 is 1. The van der Waals surface area contributed by atoms with Gasteiger partial charge in [-0.1, -0.05) is 18.2 Å². The number of amides is 1. The van der Waals surface area contributed by atoms with Crippen molar-refractivity contribution in [1.29, 1.82) is 0 Å². The van der Waals surface area contributed by atoms with Crippen molar-refractivity contribution >= 4 is 12.4 Å². The number of hydrogen-bond acceptors (Lipinski definition) is 6. The standard InChI is InChI=1S/C24H35NO6/c1-6-19-15-24(28,17-26)21(25(19)22(27)31-23(2,3)4)9-7-8-14-30-16-18-10-12-20(29-5)13-11-18/h6,10-13,17,19,21,28H,1,7-9,14-16H2,2-5H3/t19-,21+,24+/m1/s1. The van der Waals surface area contributed by atoms with Crippen LogP contribution in [-0.2, 0) is 20.9 Å². The van der Waals surface area contributed by atoms with Crippen LogP contribution in [0.2, 0.25) is 0 Å². The Kier molecular flexibility index (Phi) is 8.65. The number of likely N-dealkylation sites (tertiary alicyclic amines) is 1. The molecular formula is C24H35NO6. The fourth-order valence-electron chi connectivity index (χ4n) is 3.78. The highest BCUT2D eigenvalue weighted by Gasteiger charge is 2.53. The second-order valence-electron chi connectivity index (χ2n) is 8.92. The molecular weight excluding hydrogens is 398 g/mol. The maximum Gasteiger partial charge on any atom is 0.411 e. The minimum Gasteiger partial charge on any atom is -0.497 e. The smallest absolute Gasteiger partial charge is 0.411 e. The Hall–Kier alpha value is -2.38. The van der Waals surface area contributed by atoms with Crippen molar-refractivity contribution in [2.75, 3.05) is 13.7 Å². The number of unbranched alkanes of at least 4 members (excludes halogenated alkanes) is 1. The maximum absolute atomic E-state index is 12.8. The summed E-state index contributed by atoms with van der Waals surface area (Å²) in [5.41, 5.74) is -1.23. The maximum atomic E-state index is 12.8. The first-order chi connectivity index (χ1) is 14.6. The second-order valence-corrected chi connectivity index (χ2v) is 8.92. The number of aldehydes is 1. The molecule has 1 aromatic rings. The van der Waals surface area contributed by atoms with Crippen LogP contribution in [0.4, 0.5) is 4.79 Å². The molecule has 31 heavy (non-hydrogen) atoms. The second kappa shape index (κ2) is 10.8. The highest BCUT2D eigenvalue weighted by Crippen LogP contribution is 2.37. The third-order valence-electron chi connectivity index (χ3n) is 5.33. The molecule has 7 nitrogen and oxygen atoms in total. The van der Waals surface area contributed by atoms with Gasteiger partial charge in [0.25, 0.3) is 0 Å². The largest absolute Gasteiger partial charge is 0.497 e. The summed E-state index contributed by atoms with van der Waals surface area (Å²) in [5.74, 6) is 0.801.